The van der Waals surface area contributed by atoms with Gasteiger partial charge in [0.05, 0.1) is 7.11 Å². The van der Waals surface area contributed by atoms with Crippen molar-refractivity contribution in [1.29, 1.82) is 0 Å². The van der Waals surface area contributed by atoms with E-state index in [2.05, 4.69) is 20.7 Å². The van der Waals surface area contributed by atoms with Gasteiger partial charge in [0.25, 0.3) is 0 Å². The second-order valence-electron chi connectivity index (χ2n) is 3.45. The van der Waals surface area contributed by atoms with Crippen LogP contribution in [0, 0.1) is 0 Å². The molecule has 0 radical (unpaired) electrons. The number of halogens is 1. The Morgan fingerprint density at radius 3 is 2.94 bits per heavy atom. The van der Waals surface area contributed by atoms with Crippen molar-refractivity contribution in [2.75, 3.05) is 7.11 Å². The minimum Gasteiger partial charge on any atom is -0.463 e. The summed E-state index contributed by atoms with van der Waals surface area (Å²) in [7, 11) is 1.25. The van der Waals surface area contributed by atoms with Crippen LogP contribution >= 0.6 is 15.9 Å². The molecule has 0 spiro atoms. The molecule has 6 heteroatoms. The Hall–Kier alpha value is -1.82. The highest BCUT2D eigenvalue weighted by Gasteiger charge is 2.29. The molecular weight excluding hydrogens is 304 g/mol. The van der Waals surface area contributed by atoms with Crippen LogP contribution in [0.15, 0.2) is 28.9 Å². The van der Waals surface area contributed by atoms with E-state index >= 15 is 0 Å². The fourth-order valence-electron chi connectivity index (χ4n) is 1.42. The average Bonchev–Trinajstić information content (AvgIpc) is 2.88. The van der Waals surface area contributed by atoms with Gasteiger partial charge in [-0.25, -0.2) is 4.79 Å². The number of hydrogen-bond acceptors (Lipinski definition) is 5. The van der Waals surface area contributed by atoms with Crippen LogP contribution in [0.4, 0.5) is 0 Å². The first-order valence-corrected chi connectivity index (χ1v) is 5.80. The topological polar surface area (TPSA) is 61.8 Å². The number of benzene rings is 1. The molecule has 1 aliphatic heterocycles. The van der Waals surface area contributed by atoms with Crippen LogP contribution in [0.1, 0.15) is 15.9 Å². The third kappa shape index (κ3) is 2.38. The number of esters is 1. The first kappa shape index (κ1) is 12.6. The molecule has 1 aromatic carbocycles. The quantitative estimate of drug-likeness (QED) is 0.632. The van der Waals surface area contributed by atoms with E-state index in [1.165, 1.54) is 13.4 Å². The first-order valence-electron chi connectivity index (χ1n) is 5.01. The molecule has 5 nitrogen and oxygen atoms in total. The van der Waals surface area contributed by atoms with Crippen LogP contribution in [-0.2, 0) is 19.0 Å². The van der Waals surface area contributed by atoms with Crippen molar-refractivity contribution in [2.45, 2.75) is 6.29 Å². The lowest BCUT2D eigenvalue weighted by Gasteiger charge is -2.09. The highest BCUT2D eigenvalue weighted by atomic mass is 79.9. The monoisotopic (exact) mass is 312 g/mol. The fourth-order valence-corrected chi connectivity index (χ4v) is 1.76. The Morgan fingerprint density at radius 2 is 2.28 bits per heavy atom. The van der Waals surface area contributed by atoms with E-state index < -0.39 is 12.3 Å². The second-order valence-corrected chi connectivity index (χ2v) is 4.30. The molecule has 94 valence electrons. The second kappa shape index (κ2) is 5.22. The molecule has 0 aromatic heterocycles. The molecule has 18 heavy (non-hydrogen) atoms. The number of rotatable bonds is 3. The normalized spacial score (nSPS) is 17.4. The molecule has 0 fully saturated rings. The Labute approximate surface area is 111 Å². The summed E-state index contributed by atoms with van der Waals surface area (Å²) in [5.41, 5.74) is 1.13. The van der Waals surface area contributed by atoms with Gasteiger partial charge in [0.2, 0.25) is 0 Å². The van der Waals surface area contributed by atoms with E-state index in [1.807, 2.05) is 0 Å². The molecule has 1 aliphatic rings. The number of methoxy groups -OCH3 is 1. The molecule has 0 bridgehead atoms. The van der Waals surface area contributed by atoms with Crippen molar-refractivity contribution in [3.05, 3.63) is 40.1 Å². The number of ether oxygens (including phenoxy) is 3. The maximum absolute atomic E-state index is 11.2. The molecule has 2 rings (SSSR count). The molecule has 1 atom stereocenters. The summed E-state index contributed by atoms with van der Waals surface area (Å²) in [6, 6.07) is 5.09. The Morgan fingerprint density at radius 1 is 1.50 bits per heavy atom. The molecule has 0 saturated carbocycles. The van der Waals surface area contributed by atoms with Gasteiger partial charge in [-0.3, -0.25) is 4.79 Å². The van der Waals surface area contributed by atoms with Crippen molar-refractivity contribution in [2.24, 2.45) is 0 Å². The molecule has 0 N–H and O–H groups in total. The maximum atomic E-state index is 11.2. The van der Waals surface area contributed by atoms with Gasteiger partial charge in [-0.2, -0.15) is 0 Å². The third-order valence-corrected chi connectivity index (χ3v) is 3.06. The Balaban J connectivity index is 2.19. The van der Waals surface area contributed by atoms with Gasteiger partial charge in [-0.1, -0.05) is 15.9 Å². The van der Waals surface area contributed by atoms with Crippen molar-refractivity contribution >= 4 is 33.9 Å². The van der Waals surface area contributed by atoms with Crippen LogP contribution in [-0.4, -0.2) is 25.7 Å². The lowest BCUT2D eigenvalue weighted by Crippen LogP contribution is -2.22. The molecule has 1 aromatic rings. The standard InChI is InChI=1S/C12H9BrO5/c1-16-11(15)12-17-6-10(18-12)7-2-3-9(13)8(4-7)5-14/h2-6,12H,1H3. The molecule has 1 heterocycles. The average molecular weight is 313 g/mol. The minimum atomic E-state index is -1.09. The molecule has 1 unspecified atom stereocenters. The van der Waals surface area contributed by atoms with Gasteiger partial charge in [0.15, 0.2) is 12.0 Å². The highest BCUT2D eigenvalue weighted by molar-refractivity contribution is 9.10. The van der Waals surface area contributed by atoms with E-state index in [4.69, 9.17) is 9.47 Å². The predicted molar refractivity (Wildman–Crippen MR) is 65.5 cm³/mol. The predicted octanol–water partition coefficient (Wildman–Crippen LogP) is 2.11. The zero-order valence-corrected chi connectivity index (χ0v) is 11.0. The lowest BCUT2D eigenvalue weighted by atomic mass is 10.1. The molecule has 0 aliphatic carbocycles. The molecule has 0 saturated heterocycles. The number of aldehydes is 1. The lowest BCUT2D eigenvalue weighted by molar-refractivity contribution is -0.165. The van der Waals surface area contributed by atoms with E-state index in [1.54, 1.807) is 18.2 Å². The van der Waals surface area contributed by atoms with E-state index in [9.17, 15) is 9.59 Å². The van der Waals surface area contributed by atoms with Crippen LogP contribution in [0.3, 0.4) is 0 Å². The number of hydrogen-bond donors (Lipinski definition) is 0. The van der Waals surface area contributed by atoms with Gasteiger partial charge in [0, 0.05) is 15.6 Å². The van der Waals surface area contributed by atoms with Crippen LogP contribution in [0.5, 0.6) is 0 Å². The van der Waals surface area contributed by atoms with Crippen molar-refractivity contribution in [1.82, 2.24) is 0 Å². The zero-order valence-electron chi connectivity index (χ0n) is 9.38. The van der Waals surface area contributed by atoms with Gasteiger partial charge in [-0.05, 0) is 18.2 Å². The highest BCUT2D eigenvalue weighted by Crippen LogP contribution is 2.27. The third-order valence-electron chi connectivity index (χ3n) is 2.33. The van der Waals surface area contributed by atoms with Crippen molar-refractivity contribution < 1.29 is 23.8 Å². The van der Waals surface area contributed by atoms with Gasteiger partial charge in [0.1, 0.15) is 6.26 Å². The fraction of sp³-hybridized carbons (Fsp3) is 0.167. The van der Waals surface area contributed by atoms with E-state index in [-0.39, 0.29) is 0 Å². The molecule has 0 amide bonds. The van der Waals surface area contributed by atoms with Gasteiger partial charge in [-0.15, -0.1) is 0 Å². The first-order chi connectivity index (χ1) is 8.65. The van der Waals surface area contributed by atoms with E-state index in [0.29, 0.717) is 21.4 Å². The summed E-state index contributed by atoms with van der Waals surface area (Å²) in [5.74, 6) is -0.241. The van der Waals surface area contributed by atoms with Crippen LogP contribution in [0.2, 0.25) is 0 Å². The molecular formula is C12H9BrO5. The summed E-state index contributed by atoms with van der Waals surface area (Å²) in [6.45, 7) is 0. The van der Waals surface area contributed by atoms with Crippen molar-refractivity contribution in [3.63, 3.8) is 0 Å². The summed E-state index contributed by atoms with van der Waals surface area (Å²) in [5, 5.41) is 0. The van der Waals surface area contributed by atoms with Gasteiger partial charge >= 0.3 is 12.3 Å². The number of carbonyl (C=O) groups is 2. The van der Waals surface area contributed by atoms with E-state index in [0.717, 1.165) is 6.29 Å². The summed E-state index contributed by atoms with van der Waals surface area (Å²) >= 11 is 3.25. The summed E-state index contributed by atoms with van der Waals surface area (Å²) in [6.07, 6.45) is 0.953. The summed E-state index contributed by atoms with van der Waals surface area (Å²) < 4.78 is 15.5. The largest absolute Gasteiger partial charge is 0.463 e. The van der Waals surface area contributed by atoms with Gasteiger partial charge < -0.3 is 14.2 Å². The van der Waals surface area contributed by atoms with Crippen LogP contribution in [0.25, 0.3) is 5.76 Å². The Kier molecular flexibility index (Phi) is 3.66. The van der Waals surface area contributed by atoms with Crippen molar-refractivity contribution in [3.8, 4) is 0 Å². The van der Waals surface area contributed by atoms with Crippen LogP contribution < -0.4 is 0 Å². The maximum Gasteiger partial charge on any atom is 0.389 e. The number of carbonyl (C=O) groups excluding carboxylic acids is 2. The Bertz CT molecular complexity index is 523. The zero-order chi connectivity index (χ0) is 13.1. The summed E-state index contributed by atoms with van der Waals surface area (Å²) in [4.78, 5) is 22.0. The minimum absolute atomic E-state index is 0.376. The smallest absolute Gasteiger partial charge is 0.389 e. The SMILES string of the molecule is COC(=O)C1OC=C(c2ccc(Br)c(C=O)c2)O1.